The van der Waals surface area contributed by atoms with Crippen LogP contribution in [-0.4, -0.2) is 27.7 Å². The molecule has 0 saturated heterocycles. The summed E-state index contributed by atoms with van der Waals surface area (Å²) in [5.74, 6) is 0.707. The lowest BCUT2D eigenvalue weighted by Gasteiger charge is -2.06. The Balaban J connectivity index is 2.49. The number of nitrogens with zero attached hydrogens (tertiary/aromatic N) is 2. The van der Waals surface area contributed by atoms with Crippen molar-refractivity contribution >= 4 is 5.82 Å². The maximum absolute atomic E-state index is 9.00. The van der Waals surface area contributed by atoms with Gasteiger partial charge in [0.25, 0.3) is 0 Å². The van der Waals surface area contributed by atoms with Gasteiger partial charge in [-0.1, -0.05) is 6.92 Å². The Kier molecular flexibility index (Phi) is 3.64. The summed E-state index contributed by atoms with van der Waals surface area (Å²) in [5, 5.41) is 12.0. The summed E-state index contributed by atoms with van der Waals surface area (Å²) in [7, 11) is 0. The van der Waals surface area contributed by atoms with Gasteiger partial charge in [-0.15, -0.1) is 0 Å². The number of hydrogen-bond acceptors (Lipinski definition) is 4. The largest absolute Gasteiger partial charge is 0.392 e. The lowest BCUT2D eigenvalue weighted by atomic mass is 10.3. The maximum Gasteiger partial charge on any atom is 0.144 e. The molecule has 0 bridgehead atoms. The van der Waals surface area contributed by atoms with Crippen LogP contribution < -0.4 is 5.32 Å². The average Bonchev–Trinajstić information content (AvgIpc) is 2.15. The van der Waals surface area contributed by atoms with E-state index in [-0.39, 0.29) is 6.10 Å². The zero-order valence-electron chi connectivity index (χ0n) is 7.99. The first kappa shape index (κ1) is 9.92. The van der Waals surface area contributed by atoms with Gasteiger partial charge in [-0.25, -0.2) is 4.98 Å². The highest BCUT2D eigenvalue weighted by Crippen LogP contribution is 2.01. The fourth-order valence-corrected chi connectivity index (χ4v) is 0.881. The lowest BCUT2D eigenvalue weighted by Crippen LogP contribution is -2.16. The van der Waals surface area contributed by atoms with Crippen molar-refractivity contribution in [1.29, 1.82) is 0 Å². The van der Waals surface area contributed by atoms with E-state index in [4.69, 9.17) is 5.11 Å². The SMILES string of the molecule is CCc1cnc(NC[C@@H](C)O)cn1. The molecule has 72 valence electrons. The van der Waals surface area contributed by atoms with Gasteiger partial charge in [0.15, 0.2) is 0 Å². The van der Waals surface area contributed by atoms with Crippen LogP contribution in [0.1, 0.15) is 19.5 Å². The summed E-state index contributed by atoms with van der Waals surface area (Å²) < 4.78 is 0. The second-order valence-corrected chi connectivity index (χ2v) is 2.98. The molecule has 13 heavy (non-hydrogen) atoms. The molecular formula is C9H15N3O. The third-order valence-electron chi connectivity index (χ3n) is 1.65. The van der Waals surface area contributed by atoms with E-state index in [0.717, 1.165) is 12.1 Å². The van der Waals surface area contributed by atoms with Gasteiger partial charge in [-0.05, 0) is 13.3 Å². The number of aryl methyl sites for hydroxylation is 1. The van der Waals surface area contributed by atoms with Crippen LogP contribution in [0.5, 0.6) is 0 Å². The summed E-state index contributed by atoms with van der Waals surface area (Å²) >= 11 is 0. The highest BCUT2D eigenvalue weighted by atomic mass is 16.3. The Morgan fingerprint density at radius 3 is 2.69 bits per heavy atom. The molecule has 1 aromatic heterocycles. The van der Waals surface area contributed by atoms with Crippen LogP contribution in [0.2, 0.25) is 0 Å². The summed E-state index contributed by atoms with van der Waals surface area (Å²) in [5.41, 5.74) is 0.975. The maximum atomic E-state index is 9.00. The van der Waals surface area contributed by atoms with Gasteiger partial charge >= 0.3 is 0 Å². The number of aliphatic hydroxyl groups excluding tert-OH is 1. The van der Waals surface area contributed by atoms with Crippen LogP contribution in [0.15, 0.2) is 12.4 Å². The first-order valence-corrected chi connectivity index (χ1v) is 4.45. The Labute approximate surface area is 78.0 Å². The molecule has 1 rings (SSSR count). The number of hydrogen-bond donors (Lipinski definition) is 2. The molecule has 1 aromatic rings. The Morgan fingerprint density at radius 1 is 1.46 bits per heavy atom. The molecule has 2 N–H and O–H groups in total. The van der Waals surface area contributed by atoms with Gasteiger partial charge in [-0.3, -0.25) is 4.98 Å². The number of aromatic nitrogens is 2. The highest BCUT2D eigenvalue weighted by molar-refractivity contribution is 5.30. The van der Waals surface area contributed by atoms with Crippen LogP contribution in [-0.2, 0) is 6.42 Å². The van der Waals surface area contributed by atoms with Crippen LogP contribution in [0, 0.1) is 0 Å². The third-order valence-corrected chi connectivity index (χ3v) is 1.65. The van der Waals surface area contributed by atoms with Crippen LogP contribution in [0.3, 0.4) is 0 Å². The third kappa shape index (κ3) is 3.38. The molecule has 0 spiro atoms. The fraction of sp³-hybridized carbons (Fsp3) is 0.556. The van der Waals surface area contributed by atoms with Crippen LogP contribution in [0.25, 0.3) is 0 Å². The molecule has 0 radical (unpaired) electrons. The van der Waals surface area contributed by atoms with Crippen molar-refractivity contribution in [3.05, 3.63) is 18.1 Å². The standard InChI is InChI=1S/C9H15N3O/c1-3-8-5-12-9(6-10-8)11-4-7(2)13/h5-7,13H,3-4H2,1-2H3,(H,11,12)/t7-/m1/s1. The summed E-state index contributed by atoms with van der Waals surface area (Å²) in [6, 6.07) is 0. The monoisotopic (exact) mass is 181 g/mol. The van der Waals surface area contributed by atoms with Gasteiger partial charge in [0.1, 0.15) is 5.82 Å². The van der Waals surface area contributed by atoms with Crippen molar-refractivity contribution in [2.75, 3.05) is 11.9 Å². The lowest BCUT2D eigenvalue weighted by molar-refractivity contribution is 0.208. The number of rotatable bonds is 4. The fourth-order valence-electron chi connectivity index (χ4n) is 0.881. The zero-order valence-corrected chi connectivity index (χ0v) is 7.99. The normalized spacial score (nSPS) is 12.5. The van der Waals surface area contributed by atoms with Crippen molar-refractivity contribution in [3.63, 3.8) is 0 Å². The highest BCUT2D eigenvalue weighted by Gasteiger charge is 1.97. The van der Waals surface area contributed by atoms with E-state index in [9.17, 15) is 0 Å². The van der Waals surface area contributed by atoms with E-state index in [0.29, 0.717) is 12.4 Å². The minimum Gasteiger partial charge on any atom is -0.392 e. The van der Waals surface area contributed by atoms with Crippen molar-refractivity contribution < 1.29 is 5.11 Å². The molecule has 4 nitrogen and oxygen atoms in total. The Hall–Kier alpha value is -1.16. The van der Waals surface area contributed by atoms with Crippen molar-refractivity contribution in [2.45, 2.75) is 26.4 Å². The first-order valence-electron chi connectivity index (χ1n) is 4.45. The predicted molar refractivity (Wildman–Crippen MR) is 51.6 cm³/mol. The quantitative estimate of drug-likeness (QED) is 0.722. The van der Waals surface area contributed by atoms with E-state index in [1.807, 2.05) is 6.92 Å². The Morgan fingerprint density at radius 2 is 2.23 bits per heavy atom. The molecule has 0 aliphatic rings. The molecule has 0 aromatic carbocycles. The molecule has 4 heteroatoms. The molecule has 0 saturated carbocycles. The topological polar surface area (TPSA) is 58.0 Å². The Bertz CT molecular complexity index is 246. The van der Waals surface area contributed by atoms with Crippen LogP contribution >= 0.6 is 0 Å². The molecule has 0 aliphatic carbocycles. The number of aliphatic hydroxyl groups is 1. The molecule has 0 fully saturated rings. The van der Waals surface area contributed by atoms with Crippen LogP contribution in [0.4, 0.5) is 5.82 Å². The van der Waals surface area contributed by atoms with Gasteiger partial charge in [0, 0.05) is 6.54 Å². The minimum atomic E-state index is -0.368. The van der Waals surface area contributed by atoms with Gasteiger partial charge in [0.05, 0.1) is 24.2 Å². The first-order chi connectivity index (χ1) is 6.22. The molecular weight excluding hydrogens is 166 g/mol. The second-order valence-electron chi connectivity index (χ2n) is 2.98. The van der Waals surface area contributed by atoms with Gasteiger partial charge in [-0.2, -0.15) is 0 Å². The zero-order chi connectivity index (χ0) is 9.68. The molecule has 0 aliphatic heterocycles. The van der Waals surface area contributed by atoms with E-state index in [1.165, 1.54) is 0 Å². The van der Waals surface area contributed by atoms with Crippen molar-refractivity contribution in [3.8, 4) is 0 Å². The summed E-state index contributed by atoms with van der Waals surface area (Å²) in [6.45, 7) is 4.26. The second kappa shape index (κ2) is 4.77. The van der Waals surface area contributed by atoms with E-state index >= 15 is 0 Å². The van der Waals surface area contributed by atoms with E-state index < -0.39 is 0 Å². The van der Waals surface area contributed by atoms with Gasteiger partial charge < -0.3 is 10.4 Å². The van der Waals surface area contributed by atoms with Gasteiger partial charge in [0.2, 0.25) is 0 Å². The smallest absolute Gasteiger partial charge is 0.144 e. The molecule has 0 unspecified atom stereocenters. The van der Waals surface area contributed by atoms with Crippen molar-refractivity contribution in [2.24, 2.45) is 0 Å². The molecule has 1 atom stereocenters. The summed E-state index contributed by atoms with van der Waals surface area (Å²) in [4.78, 5) is 8.31. The number of nitrogens with one attached hydrogen (secondary N) is 1. The van der Waals surface area contributed by atoms with E-state index in [1.54, 1.807) is 19.3 Å². The van der Waals surface area contributed by atoms with Crippen molar-refractivity contribution in [1.82, 2.24) is 9.97 Å². The minimum absolute atomic E-state index is 0.368. The molecule has 0 amide bonds. The van der Waals surface area contributed by atoms with E-state index in [2.05, 4.69) is 15.3 Å². The summed E-state index contributed by atoms with van der Waals surface area (Å²) in [6.07, 6.45) is 3.95. The predicted octanol–water partition coefficient (Wildman–Crippen LogP) is 0.832. The number of anilines is 1. The molecule has 1 heterocycles. The average molecular weight is 181 g/mol.